The Bertz CT molecular complexity index is 735. The number of nitrogens with one attached hydrogen (secondary N) is 1. The van der Waals surface area contributed by atoms with Gasteiger partial charge in [-0.3, -0.25) is 4.79 Å². The predicted molar refractivity (Wildman–Crippen MR) is 78.9 cm³/mol. The molecule has 2 aromatic heterocycles. The fourth-order valence-electron chi connectivity index (χ4n) is 1.57. The Kier molecular flexibility index (Phi) is 4.13. The Balaban J connectivity index is 2.45. The number of hydrogen-bond donors (Lipinski definition) is 2. The van der Waals surface area contributed by atoms with Crippen molar-refractivity contribution in [3.63, 3.8) is 0 Å². The number of aromatic carboxylic acids is 1. The van der Waals surface area contributed by atoms with Crippen LogP contribution in [0.25, 0.3) is 0 Å². The van der Waals surface area contributed by atoms with Gasteiger partial charge in [0.25, 0.3) is 5.56 Å². The molecule has 6 nitrogen and oxygen atoms in total. The molecule has 21 heavy (non-hydrogen) atoms. The highest BCUT2D eigenvalue weighted by molar-refractivity contribution is 7.99. The molecule has 0 saturated carbocycles. The lowest BCUT2D eigenvalue weighted by Gasteiger charge is -2.19. The lowest BCUT2D eigenvalue weighted by Crippen LogP contribution is -2.15. The van der Waals surface area contributed by atoms with E-state index in [4.69, 9.17) is 0 Å². The Morgan fingerprint density at radius 3 is 2.62 bits per heavy atom. The van der Waals surface area contributed by atoms with Crippen LogP contribution in [0.4, 0.5) is 0 Å². The molecule has 7 heteroatoms. The second-order valence-corrected chi connectivity index (χ2v) is 6.48. The van der Waals surface area contributed by atoms with Gasteiger partial charge >= 0.3 is 5.97 Å². The second kappa shape index (κ2) is 5.69. The van der Waals surface area contributed by atoms with Crippen molar-refractivity contribution < 1.29 is 9.90 Å². The van der Waals surface area contributed by atoms with Crippen LogP contribution in [0.5, 0.6) is 0 Å². The van der Waals surface area contributed by atoms with Gasteiger partial charge in [-0.05, 0) is 23.9 Å². The number of carboxylic acids is 1. The molecular formula is C14H15N3O3S. The van der Waals surface area contributed by atoms with Gasteiger partial charge in [0.05, 0.1) is 5.56 Å². The molecular weight excluding hydrogens is 290 g/mol. The molecule has 0 fully saturated rings. The Morgan fingerprint density at radius 2 is 2.05 bits per heavy atom. The summed E-state index contributed by atoms with van der Waals surface area (Å²) in [5.74, 6) is -1.01. The third-order valence-electron chi connectivity index (χ3n) is 2.67. The van der Waals surface area contributed by atoms with E-state index in [0.717, 1.165) is 11.8 Å². The third-order valence-corrected chi connectivity index (χ3v) is 3.49. The topological polar surface area (TPSA) is 95.9 Å². The normalized spacial score (nSPS) is 11.4. The standard InChI is InChI=1S/C14H15N3O3S/c1-14(2,3)9-6-8(12(19)20)7-11(16-9)21-13-15-5-4-10(18)17-13/h4-7H,1-3H3,(H,19,20)(H,15,17,18). The van der Waals surface area contributed by atoms with Crippen LogP contribution < -0.4 is 5.56 Å². The highest BCUT2D eigenvalue weighted by atomic mass is 32.2. The molecule has 0 saturated heterocycles. The van der Waals surface area contributed by atoms with E-state index in [1.54, 1.807) is 6.07 Å². The van der Waals surface area contributed by atoms with Gasteiger partial charge in [-0.1, -0.05) is 20.8 Å². The van der Waals surface area contributed by atoms with Crippen molar-refractivity contribution in [1.82, 2.24) is 15.0 Å². The number of H-pyrrole nitrogens is 1. The number of pyridine rings is 1. The molecule has 0 amide bonds. The third kappa shape index (κ3) is 3.91. The lowest BCUT2D eigenvalue weighted by molar-refractivity contribution is 0.0696. The molecule has 0 bridgehead atoms. The van der Waals surface area contributed by atoms with Crippen LogP contribution in [-0.2, 0) is 5.41 Å². The predicted octanol–water partition coefficient (Wildman–Crippen LogP) is 2.31. The molecule has 2 aromatic rings. The second-order valence-electron chi connectivity index (χ2n) is 5.48. The summed E-state index contributed by atoms with van der Waals surface area (Å²) in [5, 5.41) is 10.1. The van der Waals surface area contributed by atoms with E-state index in [0.29, 0.717) is 15.9 Å². The molecule has 2 heterocycles. The van der Waals surface area contributed by atoms with Gasteiger partial charge in [-0.25, -0.2) is 14.8 Å². The van der Waals surface area contributed by atoms with E-state index in [-0.39, 0.29) is 16.5 Å². The maximum Gasteiger partial charge on any atom is 0.335 e. The van der Waals surface area contributed by atoms with Crippen molar-refractivity contribution in [3.05, 3.63) is 46.0 Å². The molecule has 0 unspecified atom stereocenters. The van der Waals surface area contributed by atoms with Crippen molar-refractivity contribution in [2.75, 3.05) is 0 Å². The van der Waals surface area contributed by atoms with Crippen LogP contribution in [0.3, 0.4) is 0 Å². The number of rotatable bonds is 3. The zero-order chi connectivity index (χ0) is 15.6. The largest absolute Gasteiger partial charge is 0.478 e. The highest BCUT2D eigenvalue weighted by Crippen LogP contribution is 2.28. The summed E-state index contributed by atoms with van der Waals surface area (Å²) in [6, 6.07) is 4.34. The minimum absolute atomic E-state index is 0.163. The van der Waals surface area contributed by atoms with E-state index in [1.807, 2.05) is 20.8 Å². The van der Waals surface area contributed by atoms with Crippen LogP contribution in [0.2, 0.25) is 0 Å². The fraction of sp³-hybridized carbons (Fsp3) is 0.286. The minimum Gasteiger partial charge on any atom is -0.478 e. The summed E-state index contributed by atoms with van der Waals surface area (Å²) in [6.45, 7) is 5.87. The summed E-state index contributed by atoms with van der Waals surface area (Å²) in [6.07, 6.45) is 1.40. The average Bonchev–Trinajstić information content (AvgIpc) is 2.37. The van der Waals surface area contributed by atoms with Crippen LogP contribution in [0.15, 0.2) is 39.4 Å². The molecule has 0 aromatic carbocycles. The number of carbonyl (C=O) groups is 1. The van der Waals surface area contributed by atoms with Crippen molar-refractivity contribution in [1.29, 1.82) is 0 Å². The first-order valence-corrected chi connectivity index (χ1v) is 7.06. The molecule has 2 rings (SSSR count). The van der Waals surface area contributed by atoms with Crippen LogP contribution >= 0.6 is 11.8 Å². The van der Waals surface area contributed by atoms with E-state index in [1.165, 1.54) is 18.3 Å². The summed E-state index contributed by atoms with van der Waals surface area (Å²) in [4.78, 5) is 33.5. The van der Waals surface area contributed by atoms with E-state index in [9.17, 15) is 14.7 Å². The first-order chi connectivity index (χ1) is 9.75. The van der Waals surface area contributed by atoms with Gasteiger partial charge < -0.3 is 10.1 Å². The molecule has 0 spiro atoms. The molecule has 0 aliphatic rings. The minimum atomic E-state index is -1.01. The van der Waals surface area contributed by atoms with Gasteiger partial charge in [-0.2, -0.15) is 0 Å². The quantitative estimate of drug-likeness (QED) is 0.845. The van der Waals surface area contributed by atoms with Crippen LogP contribution in [0.1, 0.15) is 36.8 Å². The summed E-state index contributed by atoms with van der Waals surface area (Å²) >= 11 is 1.12. The summed E-state index contributed by atoms with van der Waals surface area (Å²) < 4.78 is 0. The van der Waals surface area contributed by atoms with Crippen molar-refractivity contribution in [2.24, 2.45) is 0 Å². The van der Waals surface area contributed by atoms with E-state index >= 15 is 0 Å². The zero-order valence-electron chi connectivity index (χ0n) is 11.9. The molecule has 0 atom stereocenters. The monoisotopic (exact) mass is 305 g/mol. The van der Waals surface area contributed by atoms with Crippen LogP contribution in [0, 0.1) is 0 Å². The molecule has 0 radical (unpaired) electrons. The van der Waals surface area contributed by atoms with Gasteiger partial charge in [0.1, 0.15) is 5.03 Å². The Labute approximate surface area is 125 Å². The van der Waals surface area contributed by atoms with E-state index < -0.39 is 5.97 Å². The van der Waals surface area contributed by atoms with E-state index in [2.05, 4.69) is 15.0 Å². The Hall–Kier alpha value is -2.15. The van der Waals surface area contributed by atoms with Gasteiger partial charge in [0, 0.05) is 23.4 Å². The Morgan fingerprint density at radius 1 is 1.33 bits per heavy atom. The van der Waals surface area contributed by atoms with Crippen molar-refractivity contribution in [2.45, 2.75) is 36.4 Å². The molecule has 0 aliphatic heterocycles. The number of hydrogen-bond acceptors (Lipinski definition) is 5. The number of aromatic nitrogens is 3. The van der Waals surface area contributed by atoms with Crippen molar-refractivity contribution >= 4 is 17.7 Å². The number of aromatic amines is 1. The SMILES string of the molecule is CC(C)(C)c1cc(C(=O)O)cc(Sc2nccc(=O)[nH]2)n1. The molecule has 110 valence electrons. The maximum atomic E-state index is 11.3. The first-order valence-electron chi connectivity index (χ1n) is 6.25. The van der Waals surface area contributed by atoms with Gasteiger partial charge in [0.15, 0.2) is 5.16 Å². The summed E-state index contributed by atoms with van der Waals surface area (Å²) in [5.41, 5.74) is 0.287. The van der Waals surface area contributed by atoms with Crippen LogP contribution in [-0.4, -0.2) is 26.0 Å². The molecule has 0 aliphatic carbocycles. The average molecular weight is 305 g/mol. The smallest absolute Gasteiger partial charge is 0.335 e. The fourth-order valence-corrected chi connectivity index (χ4v) is 2.36. The summed E-state index contributed by atoms with van der Waals surface area (Å²) in [7, 11) is 0. The van der Waals surface area contributed by atoms with Gasteiger partial charge in [0.2, 0.25) is 0 Å². The number of carboxylic acid groups (broad SMARTS) is 1. The van der Waals surface area contributed by atoms with Crippen molar-refractivity contribution in [3.8, 4) is 0 Å². The molecule has 2 N–H and O–H groups in total. The highest BCUT2D eigenvalue weighted by Gasteiger charge is 2.19. The lowest BCUT2D eigenvalue weighted by atomic mass is 9.91. The maximum absolute atomic E-state index is 11.3. The van der Waals surface area contributed by atoms with Gasteiger partial charge in [-0.15, -0.1) is 0 Å². The number of nitrogens with zero attached hydrogens (tertiary/aromatic N) is 2. The zero-order valence-corrected chi connectivity index (χ0v) is 12.7. The first kappa shape index (κ1) is 15.2.